The van der Waals surface area contributed by atoms with Crippen molar-refractivity contribution in [3.8, 4) is 0 Å². The van der Waals surface area contributed by atoms with Gasteiger partial charge < -0.3 is 5.32 Å². The van der Waals surface area contributed by atoms with Gasteiger partial charge in [0.15, 0.2) is 5.65 Å². The summed E-state index contributed by atoms with van der Waals surface area (Å²) in [6.45, 7) is 4.31. The van der Waals surface area contributed by atoms with Crippen LogP contribution in [0, 0.1) is 0 Å². The van der Waals surface area contributed by atoms with E-state index in [2.05, 4.69) is 30.7 Å². The lowest BCUT2D eigenvalue weighted by atomic mass is 10.1. The number of benzene rings is 1. The SMILES string of the molecule is CC(C)c1cnn2c(NCc3cccc4nonc34)nc(S(C)(=O)=O)nc12. The van der Waals surface area contributed by atoms with Crippen molar-refractivity contribution in [2.75, 3.05) is 11.6 Å². The molecule has 4 rings (SSSR count). The second kappa shape index (κ2) is 6.27. The van der Waals surface area contributed by atoms with Gasteiger partial charge in [0, 0.05) is 23.9 Å². The Kier molecular flexibility index (Phi) is 4.02. The molecular formula is C16H17N7O3S. The molecule has 0 saturated carbocycles. The molecule has 11 heteroatoms. The van der Waals surface area contributed by atoms with Crippen molar-refractivity contribution in [3.05, 3.63) is 35.5 Å². The second-order valence-electron chi connectivity index (χ2n) is 6.49. The zero-order chi connectivity index (χ0) is 19.2. The number of anilines is 1. The van der Waals surface area contributed by atoms with Crippen LogP contribution in [-0.2, 0) is 16.4 Å². The standard InChI is InChI=1S/C16H17N7O3S/c1-9(2)11-8-18-23-14(11)19-16(27(3,24)25)20-15(23)17-7-10-5-4-6-12-13(10)22-26-21-12/h4-6,8-9H,7H2,1-3H3,(H,17,19,20). The van der Waals surface area contributed by atoms with E-state index in [0.29, 0.717) is 23.2 Å². The lowest BCUT2D eigenvalue weighted by Gasteiger charge is -2.10. The Bertz CT molecular complexity index is 1240. The number of fused-ring (bicyclic) bond motifs is 2. The van der Waals surface area contributed by atoms with Gasteiger partial charge in [-0.3, -0.25) is 0 Å². The molecular weight excluding hydrogens is 370 g/mol. The van der Waals surface area contributed by atoms with Crippen molar-refractivity contribution >= 4 is 32.5 Å². The van der Waals surface area contributed by atoms with Crippen LogP contribution in [0.2, 0.25) is 0 Å². The molecule has 0 radical (unpaired) electrons. The number of nitrogens with zero attached hydrogens (tertiary/aromatic N) is 6. The highest BCUT2D eigenvalue weighted by Crippen LogP contribution is 2.23. The van der Waals surface area contributed by atoms with Crippen molar-refractivity contribution < 1.29 is 13.0 Å². The molecule has 0 aliphatic carbocycles. The fourth-order valence-electron chi connectivity index (χ4n) is 2.74. The molecule has 4 aromatic rings. The van der Waals surface area contributed by atoms with Gasteiger partial charge in [0.1, 0.15) is 11.0 Å². The van der Waals surface area contributed by atoms with Crippen LogP contribution in [0.4, 0.5) is 5.95 Å². The first-order valence-electron chi connectivity index (χ1n) is 8.24. The lowest BCUT2D eigenvalue weighted by molar-refractivity contribution is 0.315. The predicted molar refractivity (Wildman–Crippen MR) is 97.1 cm³/mol. The van der Waals surface area contributed by atoms with Crippen molar-refractivity contribution in [1.29, 1.82) is 0 Å². The van der Waals surface area contributed by atoms with Crippen LogP contribution in [0.3, 0.4) is 0 Å². The van der Waals surface area contributed by atoms with Gasteiger partial charge in [0.25, 0.3) is 5.16 Å². The topological polar surface area (TPSA) is 128 Å². The van der Waals surface area contributed by atoms with Crippen LogP contribution in [0.25, 0.3) is 16.7 Å². The minimum atomic E-state index is -3.59. The Labute approximate surface area is 154 Å². The molecule has 140 valence electrons. The van der Waals surface area contributed by atoms with Gasteiger partial charge in [-0.15, -0.1) is 0 Å². The molecule has 3 aromatic heterocycles. The quantitative estimate of drug-likeness (QED) is 0.545. The third-order valence-electron chi connectivity index (χ3n) is 4.14. The minimum absolute atomic E-state index is 0.132. The van der Waals surface area contributed by atoms with E-state index >= 15 is 0 Å². The highest BCUT2D eigenvalue weighted by Gasteiger charge is 2.20. The molecule has 10 nitrogen and oxygen atoms in total. The number of aromatic nitrogens is 6. The second-order valence-corrected chi connectivity index (χ2v) is 8.40. The Morgan fingerprint density at radius 3 is 2.78 bits per heavy atom. The van der Waals surface area contributed by atoms with Gasteiger partial charge in [-0.05, 0) is 22.3 Å². The number of nitrogens with one attached hydrogen (secondary N) is 1. The minimum Gasteiger partial charge on any atom is -0.350 e. The van der Waals surface area contributed by atoms with Gasteiger partial charge in [-0.25, -0.2) is 13.0 Å². The molecule has 0 unspecified atom stereocenters. The number of rotatable bonds is 5. The van der Waals surface area contributed by atoms with Crippen molar-refractivity contribution in [3.63, 3.8) is 0 Å². The largest absolute Gasteiger partial charge is 0.350 e. The normalized spacial score (nSPS) is 12.3. The van der Waals surface area contributed by atoms with Crippen molar-refractivity contribution in [2.45, 2.75) is 31.5 Å². The van der Waals surface area contributed by atoms with E-state index < -0.39 is 9.84 Å². The summed E-state index contributed by atoms with van der Waals surface area (Å²) in [6.07, 6.45) is 2.75. The molecule has 1 N–H and O–H groups in total. The van der Waals surface area contributed by atoms with Crippen LogP contribution < -0.4 is 5.32 Å². The van der Waals surface area contributed by atoms with Gasteiger partial charge in [0.2, 0.25) is 15.8 Å². The molecule has 0 fully saturated rings. The van der Waals surface area contributed by atoms with Crippen LogP contribution >= 0.6 is 0 Å². The fraction of sp³-hybridized carbons (Fsp3) is 0.312. The van der Waals surface area contributed by atoms with E-state index in [1.54, 1.807) is 12.3 Å². The summed E-state index contributed by atoms with van der Waals surface area (Å²) < 4.78 is 30.3. The molecule has 0 bridgehead atoms. The first kappa shape index (κ1) is 17.3. The maximum absolute atomic E-state index is 12.0. The monoisotopic (exact) mass is 387 g/mol. The number of sulfone groups is 1. The summed E-state index contributed by atoms with van der Waals surface area (Å²) in [5, 5.41) is 14.9. The number of hydrogen-bond acceptors (Lipinski definition) is 9. The van der Waals surface area contributed by atoms with E-state index in [9.17, 15) is 8.42 Å². The highest BCUT2D eigenvalue weighted by atomic mass is 32.2. The lowest BCUT2D eigenvalue weighted by Crippen LogP contribution is -2.14. The third kappa shape index (κ3) is 3.10. The van der Waals surface area contributed by atoms with E-state index in [1.807, 2.05) is 26.0 Å². The predicted octanol–water partition coefficient (Wildman–Crippen LogP) is 1.80. The van der Waals surface area contributed by atoms with E-state index in [-0.39, 0.29) is 17.0 Å². The Balaban J connectivity index is 1.79. The molecule has 0 amide bonds. The van der Waals surface area contributed by atoms with Gasteiger partial charge in [-0.2, -0.15) is 19.6 Å². The average molecular weight is 387 g/mol. The summed E-state index contributed by atoms with van der Waals surface area (Å²) in [5.41, 5.74) is 3.40. The third-order valence-corrected chi connectivity index (χ3v) is 4.98. The summed E-state index contributed by atoms with van der Waals surface area (Å²) in [5.74, 6) is 0.411. The maximum Gasteiger partial charge on any atom is 0.252 e. The van der Waals surface area contributed by atoms with Crippen molar-refractivity contribution in [2.24, 2.45) is 0 Å². The van der Waals surface area contributed by atoms with Gasteiger partial charge in [0.05, 0.1) is 6.20 Å². The number of hydrogen-bond donors (Lipinski definition) is 1. The van der Waals surface area contributed by atoms with Gasteiger partial charge in [-0.1, -0.05) is 26.0 Å². The van der Waals surface area contributed by atoms with E-state index in [0.717, 1.165) is 17.4 Å². The first-order chi connectivity index (χ1) is 12.8. The zero-order valence-corrected chi connectivity index (χ0v) is 15.7. The molecule has 27 heavy (non-hydrogen) atoms. The maximum atomic E-state index is 12.0. The molecule has 0 saturated heterocycles. The van der Waals surface area contributed by atoms with Gasteiger partial charge >= 0.3 is 0 Å². The summed E-state index contributed by atoms with van der Waals surface area (Å²) in [7, 11) is -3.59. The Hall–Kier alpha value is -3.08. The van der Waals surface area contributed by atoms with Crippen LogP contribution in [0.5, 0.6) is 0 Å². The zero-order valence-electron chi connectivity index (χ0n) is 14.9. The molecule has 3 heterocycles. The Morgan fingerprint density at radius 1 is 1.22 bits per heavy atom. The summed E-state index contributed by atoms with van der Waals surface area (Å²) >= 11 is 0. The van der Waals surface area contributed by atoms with Crippen LogP contribution in [0.1, 0.15) is 30.9 Å². The summed E-state index contributed by atoms with van der Waals surface area (Å²) in [6, 6.07) is 5.51. The molecule has 0 atom stereocenters. The first-order valence-corrected chi connectivity index (χ1v) is 10.1. The van der Waals surface area contributed by atoms with E-state index in [1.165, 1.54) is 4.52 Å². The molecule has 0 aliphatic heterocycles. The molecule has 0 aliphatic rings. The van der Waals surface area contributed by atoms with Crippen LogP contribution in [-0.4, -0.2) is 44.6 Å². The van der Waals surface area contributed by atoms with Crippen LogP contribution in [0.15, 0.2) is 34.2 Å². The van der Waals surface area contributed by atoms with E-state index in [4.69, 9.17) is 4.63 Å². The Morgan fingerprint density at radius 2 is 2.04 bits per heavy atom. The summed E-state index contributed by atoms with van der Waals surface area (Å²) in [4.78, 5) is 8.37. The molecule has 1 aromatic carbocycles. The fourth-order valence-corrected chi connectivity index (χ4v) is 3.25. The highest BCUT2D eigenvalue weighted by molar-refractivity contribution is 7.90. The average Bonchev–Trinajstić information content (AvgIpc) is 3.25. The molecule has 0 spiro atoms. The van der Waals surface area contributed by atoms with Crippen molar-refractivity contribution in [1.82, 2.24) is 29.9 Å². The smallest absolute Gasteiger partial charge is 0.252 e.